The largest absolute Gasteiger partial charge is 0.420 e. The average Bonchev–Trinajstić information content (AvgIpc) is 3.43. The number of hydrogen-bond donors (Lipinski definition) is 1. The SMILES string of the molecule is Cc1nnc(-c2cc(C3CC3)n(-c3cccc(C(=O)NC[C@@H](C)c4ccccc4)c3)n2)o1. The maximum Gasteiger partial charge on any atom is 0.268 e. The number of benzene rings is 2. The molecule has 162 valence electrons. The molecule has 2 heterocycles. The van der Waals surface area contributed by atoms with Gasteiger partial charge in [-0.1, -0.05) is 43.3 Å². The van der Waals surface area contributed by atoms with E-state index >= 15 is 0 Å². The van der Waals surface area contributed by atoms with Crippen LogP contribution in [0.15, 0.2) is 65.1 Å². The van der Waals surface area contributed by atoms with Crippen molar-refractivity contribution in [1.29, 1.82) is 0 Å². The molecule has 1 aliphatic carbocycles. The summed E-state index contributed by atoms with van der Waals surface area (Å²) in [5.74, 6) is 1.51. The summed E-state index contributed by atoms with van der Waals surface area (Å²) >= 11 is 0. The molecule has 0 aliphatic heterocycles. The summed E-state index contributed by atoms with van der Waals surface area (Å²) < 4.78 is 7.46. The van der Waals surface area contributed by atoms with Crippen molar-refractivity contribution < 1.29 is 9.21 Å². The van der Waals surface area contributed by atoms with E-state index < -0.39 is 0 Å². The third-order valence-corrected chi connectivity index (χ3v) is 5.77. The topological polar surface area (TPSA) is 85.8 Å². The normalized spacial score (nSPS) is 14.3. The number of carbonyl (C=O) groups excluding carboxylic acids is 1. The number of nitrogens with zero attached hydrogens (tertiary/aromatic N) is 4. The first-order valence-electron chi connectivity index (χ1n) is 10.9. The second-order valence-corrected chi connectivity index (χ2v) is 8.34. The van der Waals surface area contributed by atoms with Gasteiger partial charge in [0.1, 0.15) is 5.69 Å². The van der Waals surface area contributed by atoms with Crippen LogP contribution >= 0.6 is 0 Å². The van der Waals surface area contributed by atoms with Gasteiger partial charge in [0, 0.05) is 30.6 Å². The van der Waals surface area contributed by atoms with Crippen LogP contribution in [-0.2, 0) is 0 Å². The highest BCUT2D eigenvalue weighted by atomic mass is 16.4. The van der Waals surface area contributed by atoms with Crippen molar-refractivity contribution in [1.82, 2.24) is 25.3 Å². The summed E-state index contributed by atoms with van der Waals surface area (Å²) in [4.78, 5) is 12.9. The Morgan fingerprint density at radius 3 is 2.66 bits per heavy atom. The van der Waals surface area contributed by atoms with E-state index in [2.05, 4.69) is 34.6 Å². The Kier molecular flexibility index (Phi) is 5.31. The zero-order valence-corrected chi connectivity index (χ0v) is 18.2. The Bertz CT molecular complexity index is 1240. The van der Waals surface area contributed by atoms with Gasteiger partial charge in [0.15, 0.2) is 0 Å². The Morgan fingerprint density at radius 2 is 1.94 bits per heavy atom. The first-order valence-corrected chi connectivity index (χ1v) is 10.9. The number of aryl methyl sites for hydroxylation is 1. The molecule has 1 N–H and O–H groups in total. The number of hydrogen-bond acceptors (Lipinski definition) is 5. The fourth-order valence-electron chi connectivity index (χ4n) is 3.80. The Labute approximate surface area is 186 Å². The van der Waals surface area contributed by atoms with Crippen molar-refractivity contribution in [3.8, 4) is 17.3 Å². The molecule has 32 heavy (non-hydrogen) atoms. The third kappa shape index (κ3) is 4.19. The molecule has 0 spiro atoms. The first-order chi connectivity index (χ1) is 15.6. The van der Waals surface area contributed by atoms with Crippen LogP contribution in [0.4, 0.5) is 0 Å². The van der Waals surface area contributed by atoms with Gasteiger partial charge in [-0.25, -0.2) is 4.68 Å². The first kappa shape index (κ1) is 20.2. The fraction of sp³-hybridized carbons (Fsp3) is 0.280. The van der Waals surface area contributed by atoms with Gasteiger partial charge in [-0.15, -0.1) is 10.2 Å². The molecule has 0 bridgehead atoms. The van der Waals surface area contributed by atoms with E-state index in [4.69, 9.17) is 9.52 Å². The van der Waals surface area contributed by atoms with Gasteiger partial charge in [-0.05, 0) is 48.6 Å². The zero-order chi connectivity index (χ0) is 22.1. The summed E-state index contributed by atoms with van der Waals surface area (Å²) in [5, 5.41) is 15.8. The molecule has 2 aromatic carbocycles. The number of rotatable bonds is 7. The molecule has 7 nitrogen and oxygen atoms in total. The fourth-order valence-corrected chi connectivity index (χ4v) is 3.80. The van der Waals surface area contributed by atoms with Gasteiger partial charge in [-0.3, -0.25) is 4.79 Å². The van der Waals surface area contributed by atoms with Gasteiger partial charge in [-0.2, -0.15) is 5.10 Å². The minimum Gasteiger partial charge on any atom is -0.420 e. The van der Waals surface area contributed by atoms with Crippen LogP contribution in [0.1, 0.15) is 59.1 Å². The Balaban J connectivity index is 1.37. The van der Waals surface area contributed by atoms with Crippen LogP contribution < -0.4 is 5.32 Å². The van der Waals surface area contributed by atoms with Crippen LogP contribution in [0.2, 0.25) is 0 Å². The maximum atomic E-state index is 12.9. The summed E-state index contributed by atoms with van der Waals surface area (Å²) in [6.45, 7) is 4.44. The molecule has 1 fully saturated rings. The number of amides is 1. The van der Waals surface area contributed by atoms with E-state index in [1.165, 1.54) is 5.56 Å². The van der Waals surface area contributed by atoms with E-state index in [9.17, 15) is 4.79 Å². The standard InChI is InChI=1S/C25H25N5O2/c1-16(18-7-4-3-5-8-18)15-26-24(31)20-9-6-10-21(13-20)30-23(19-11-12-19)14-22(29-30)25-28-27-17(2)32-25/h3-10,13-14,16,19H,11-12,15H2,1-2H3,(H,26,31)/t16-/m1/s1. The lowest BCUT2D eigenvalue weighted by molar-refractivity contribution is 0.0951. The molecule has 1 aliphatic rings. The predicted molar refractivity (Wildman–Crippen MR) is 121 cm³/mol. The second-order valence-electron chi connectivity index (χ2n) is 8.34. The molecule has 7 heteroatoms. The zero-order valence-electron chi connectivity index (χ0n) is 18.2. The van der Waals surface area contributed by atoms with Gasteiger partial charge >= 0.3 is 0 Å². The van der Waals surface area contributed by atoms with E-state index in [1.807, 2.05) is 53.2 Å². The highest BCUT2D eigenvalue weighted by Crippen LogP contribution is 2.42. The number of nitrogens with one attached hydrogen (secondary N) is 1. The summed E-state index contributed by atoms with van der Waals surface area (Å²) in [6, 6.07) is 19.8. The number of carbonyl (C=O) groups is 1. The van der Waals surface area contributed by atoms with Crippen LogP contribution in [0, 0.1) is 6.92 Å². The quantitative estimate of drug-likeness (QED) is 0.464. The van der Waals surface area contributed by atoms with Crippen LogP contribution in [0.3, 0.4) is 0 Å². The summed E-state index contributed by atoms with van der Waals surface area (Å²) in [5.41, 5.74) is 4.41. The van der Waals surface area contributed by atoms with Crippen molar-refractivity contribution in [2.24, 2.45) is 0 Å². The summed E-state index contributed by atoms with van der Waals surface area (Å²) in [6.07, 6.45) is 2.26. The lowest BCUT2D eigenvalue weighted by Gasteiger charge is -2.14. The highest BCUT2D eigenvalue weighted by Gasteiger charge is 2.30. The predicted octanol–water partition coefficient (Wildman–Crippen LogP) is 4.64. The Hall–Kier alpha value is -3.74. The molecule has 0 saturated heterocycles. The second kappa shape index (κ2) is 8.42. The highest BCUT2D eigenvalue weighted by molar-refractivity contribution is 5.94. The average molecular weight is 428 g/mol. The van der Waals surface area contributed by atoms with Crippen molar-refractivity contribution in [3.63, 3.8) is 0 Å². The van der Waals surface area contributed by atoms with Crippen LogP contribution in [-0.4, -0.2) is 32.4 Å². The molecular formula is C25H25N5O2. The van der Waals surface area contributed by atoms with Crippen LogP contribution in [0.5, 0.6) is 0 Å². The lowest BCUT2D eigenvalue weighted by atomic mass is 10.0. The van der Waals surface area contributed by atoms with E-state index in [0.29, 0.717) is 35.5 Å². The Morgan fingerprint density at radius 1 is 1.12 bits per heavy atom. The molecule has 0 unspecified atom stereocenters. The molecule has 2 aromatic heterocycles. The molecule has 0 radical (unpaired) electrons. The van der Waals surface area contributed by atoms with Crippen molar-refractivity contribution in [2.75, 3.05) is 6.54 Å². The van der Waals surface area contributed by atoms with Crippen molar-refractivity contribution in [3.05, 3.63) is 83.4 Å². The minimum atomic E-state index is -0.0949. The van der Waals surface area contributed by atoms with E-state index in [0.717, 1.165) is 24.2 Å². The number of aromatic nitrogens is 4. The van der Waals surface area contributed by atoms with Gasteiger partial charge in [0.05, 0.1) is 5.69 Å². The third-order valence-electron chi connectivity index (χ3n) is 5.77. The molecule has 4 aromatic rings. The molecule has 5 rings (SSSR count). The van der Waals surface area contributed by atoms with E-state index in [1.54, 1.807) is 6.92 Å². The smallest absolute Gasteiger partial charge is 0.268 e. The van der Waals surface area contributed by atoms with Crippen molar-refractivity contribution >= 4 is 5.91 Å². The molecule has 1 saturated carbocycles. The van der Waals surface area contributed by atoms with Gasteiger partial charge in [0.25, 0.3) is 11.8 Å². The molecule has 1 atom stereocenters. The van der Waals surface area contributed by atoms with Gasteiger partial charge < -0.3 is 9.73 Å². The summed E-state index contributed by atoms with van der Waals surface area (Å²) in [7, 11) is 0. The molecular weight excluding hydrogens is 402 g/mol. The van der Waals surface area contributed by atoms with E-state index in [-0.39, 0.29) is 11.8 Å². The minimum absolute atomic E-state index is 0.0949. The van der Waals surface area contributed by atoms with Gasteiger partial charge in [0.2, 0.25) is 5.89 Å². The molecule has 1 amide bonds. The monoisotopic (exact) mass is 427 g/mol. The van der Waals surface area contributed by atoms with Crippen molar-refractivity contribution in [2.45, 2.75) is 38.5 Å². The maximum absolute atomic E-state index is 12.9. The lowest BCUT2D eigenvalue weighted by Crippen LogP contribution is -2.27. The van der Waals surface area contributed by atoms with Crippen LogP contribution in [0.25, 0.3) is 17.3 Å².